The smallest absolute Gasteiger partial charge is 0.211 e. The predicted octanol–water partition coefficient (Wildman–Crippen LogP) is 0.620. The van der Waals surface area contributed by atoms with Crippen molar-refractivity contribution >= 4 is 40.0 Å². The lowest BCUT2D eigenvalue weighted by molar-refractivity contribution is 0.114. The van der Waals surface area contributed by atoms with Crippen LogP contribution in [0.3, 0.4) is 0 Å². The average molecular weight is 448 g/mol. The summed E-state index contributed by atoms with van der Waals surface area (Å²) < 4.78 is 29.9. The molecular weight excluding hydrogens is 419 g/mol. The maximum absolute atomic E-state index is 11.5. The molecule has 0 saturated carbocycles. The molecule has 1 aliphatic heterocycles. The van der Waals surface area contributed by atoms with Gasteiger partial charge in [-0.25, -0.2) is 12.7 Å². The van der Waals surface area contributed by atoms with Gasteiger partial charge in [0, 0.05) is 39.8 Å². The fourth-order valence-corrected chi connectivity index (χ4v) is 3.19. The average Bonchev–Trinajstić information content (AvgIpc) is 2.93. The van der Waals surface area contributed by atoms with Gasteiger partial charge in [-0.2, -0.15) is 0 Å². The minimum absolute atomic E-state index is 0. The van der Waals surface area contributed by atoms with Gasteiger partial charge >= 0.3 is 0 Å². The molecule has 1 unspecified atom stereocenters. The van der Waals surface area contributed by atoms with Gasteiger partial charge in [0.1, 0.15) is 0 Å². The number of halogens is 1. The summed E-state index contributed by atoms with van der Waals surface area (Å²) in [5.74, 6) is 0.730. The van der Waals surface area contributed by atoms with Crippen LogP contribution in [0.25, 0.3) is 0 Å². The molecule has 1 atom stereocenters. The van der Waals surface area contributed by atoms with Crippen LogP contribution in [0, 0.1) is 0 Å². The van der Waals surface area contributed by atoms with Crippen LogP contribution in [0.15, 0.2) is 4.99 Å². The first-order chi connectivity index (χ1) is 9.97. The molecule has 1 fully saturated rings. The molecule has 0 radical (unpaired) electrons. The second kappa shape index (κ2) is 11.4. The van der Waals surface area contributed by atoms with Crippen LogP contribution in [-0.2, 0) is 14.8 Å². The van der Waals surface area contributed by atoms with Gasteiger partial charge in [-0.3, -0.25) is 4.99 Å². The molecule has 1 heterocycles. The minimum atomic E-state index is -3.10. The molecule has 7 nitrogen and oxygen atoms in total. The number of guanidine groups is 1. The maximum atomic E-state index is 11.5. The van der Waals surface area contributed by atoms with Crippen LogP contribution in [0.5, 0.6) is 0 Å². The minimum Gasteiger partial charge on any atom is -0.376 e. The van der Waals surface area contributed by atoms with Crippen LogP contribution in [-0.4, -0.2) is 70.9 Å². The third kappa shape index (κ3) is 8.49. The summed E-state index contributed by atoms with van der Waals surface area (Å²) in [7, 11) is -1.38. The van der Waals surface area contributed by atoms with Gasteiger partial charge in [-0.05, 0) is 19.3 Å². The summed E-state index contributed by atoms with van der Waals surface area (Å²) in [6, 6.07) is 0. The molecule has 0 bridgehead atoms. The third-order valence-corrected chi connectivity index (χ3v) is 4.82. The number of nitrogens with one attached hydrogen (secondary N) is 2. The Morgan fingerprint density at radius 1 is 1.41 bits per heavy atom. The fraction of sp³-hybridized carbons (Fsp3) is 0.923. The Labute approximate surface area is 151 Å². The highest BCUT2D eigenvalue weighted by Crippen LogP contribution is 2.10. The van der Waals surface area contributed by atoms with E-state index >= 15 is 0 Å². The Balaban J connectivity index is 0.00000441. The quantitative estimate of drug-likeness (QED) is 0.246. The number of nitrogens with zero attached hydrogens (tertiary/aromatic N) is 2. The lowest BCUT2D eigenvalue weighted by atomic mass is 10.2. The van der Waals surface area contributed by atoms with Crippen LogP contribution in [0.4, 0.5) is 0 Å². The van der Waals surface area contributed by atoms with E-state index in [0.29, 0.717) is 19.6 Å². The first-order valence-electron chi connectivity index (χ1n) is 7.48. The summed E-state index contributed by atoms with van der Waals surface area (Å²) in [6.07, 6.45) is 4.46. The van der Waals surface area contributed by atoms with Gasteiger partial charge < -0.3 is 15.4 Å². The second-order valence-corrected chi connectivity index (χ2v) is 7.11. The van der Waals surface area contributed by atoms with Crippen molar-refractivity contribution in [2.45, 2.75) is 32.3 Å². The molecule has 0 aromatic carbocycles. The van der Waals surface area contributed by atoms with Gasteiger partial charge in [0.2, 0.25) is 10.0 Å². The molecule has 0 amide bonds. The van der Waals surface area contributed by atoms with Crippen molar-refractivity contribution in [1.29, 1.82) is 0 Å². The molecule has 1 aliphatic rings. The molecule has 22 heavy (non-hydrogen) atoms. The molecule has 132 valence electrons. The largest absolute Gasteiger partial charge is 0.376 e. The number of hydrogen-bond acceptors (Lipinski definition) is 4. The highest BCUT2D eigenvalue weighted by Gasteiger charge is 2.16. The van der Waals surface area contributed by atoms with Gasteiger partial charge in [-0.15, -0.1) is 24.0 Å². The van der Waals surface area contributed by atoms with Crippen LogP contribution < -0.4 is 10.6 Å². The van der Waals surface area contributed by atoms with Crippen molar-refractivity contribution in [1.82, 2.24) is 14.9 Å². The normalized spacial score (nSPS) is 19.1. The fourth-order valence-electron chi connectivity index (χ4n) is 2.26. The maximum Gasteiger partial charge on any atom is 0.211 e. The molecule has 0 aliphatic carbocycles. The number of hydrogen-bond donors (Lipinski definition) is 2. The van der Waals surface area contributed by atoms with E-state index < -0.39 is 10.0 Å². The van der Waals surface area contributed by atoms with E-state index in [4.69, 9.17) is 4.74 Å². The Kier molecular flexibility index (Phi) is 11.3. The van der Waals surface area contributed by atoms with E-state index in [-0.39, 0.29) is 30.1 Å². The van der Waals surface area contributed by atoms with Crippen molar-refractivity contribution in [3.8, 4) is 0 Å². The van der Waals surface area contributed by atoms with Crippen molar-refractivity contribution in [3.05, 3.63) is 0 Å². The predicted molar refractivity (Wildman–Crippen MR) is 100 cm³/mol. The summed E-state index contributed by atoms with van der Waals surface area (Å²) in [5, 5.41) is 6.41. The van der Waals surface area contributed by atoms with Gasteiger partial charge in [0.25, 0.3) is 0 Å². The lowest BCUT2D eigenvalue weighted by Crippen LogP contribution is -2.42. The van der Waals surface area contributed by atoms with Crippen molar-refractivity contribution in [3.63, 3.8) is 0 Å². The Bertz CT molecular complexity index is 425. The monoisotopic (exact) mass is 448 g/mol. The molecule has 1 rings (SSSR count). The summed E-state index contributed by atoms with van der Waals surface area (Å²) in [6.45, 7) is 5.14. The molecule has 1 saturated heterocycles. The number of ether oxygens (including phenoxy) is 1. The number of sulfonamides is 1. The Hall–Kier alpha value is -0.130. The van der Waals surface area contributed by atoms with Crippen molar-refractivity contribution in [2.24, 2.45) is 4.99 Å². The van der Waals surface area contributed by atoms with E-state index in [2.05, 4.69) is 15.6 Å². The first kappa shape index (κ1) is 21.9. The molecular formula is C13H29IN4O3S. The van der Waals surface area contributed by atoms with Crippen LogP contribution in [0.2, 0.25) is 0 Å². The molecule has 9 heteroatoms. The lowest BCUT2D eigenvalue weighted by Gasteiger charge is -2.18. The zero-order valence-corrected chi connectivity index (χ0v) is 16.8. The first-order valence-corrected chi connectivity index (χ1v) is 9.33. The molecule has 0 aromatic rings. The van der Waals surface area contributed by atoms with E-state index in [1.165, 1.54) is 10.6 Å². The van der Waals surface area contributed by atoms with E-state index in [1.807, 2.05) is 6.92 Å². The van der Waals surface area contributed by atoms with Gasteiger partial charge in [-0.1, -0.05) is 6.92 Å². The van der Waals surface area contributed by atoms with Crippen molar-refractivity contribution in [2.75, 3.05) is 46.1 Å². The number of aliphatic imine (C=N–C) groups is 1. The highest BCUT2D eigenvalue weighted by atomic mass is 127. The third-order valence-electron chi connectivity index (χ3n) is 3.44. The molecule has 0 aromatic heterocycles. The van der Waals surface area contributed by atoms with E-state index in [1.54, 1.807) is 7.05 Å². The Morgan fingerprint density at radius 3 is 2.64 bits per heavy atom. The zero-order valence-electron chi connectivity index (χ0n) is 13.7. The SMILES string of the molecule is CCN(CCCNC(=NC)NCC1CCCO1)S(C)(=O)=O.I. The molecule has 0 spiro atoms. The van der Waals surface area contributed by atoms with Gasteiger partial charge in [0.05, 0.1) is 12.4 Å². The zero-order chi connectivity index (χ0) is 15.7. The van der Waals surface area contributed by atoms with Crippen LogP contribution in [0.1, 0.15) is 26.2 Å². The van der Waals surface area contributed by atoms with Crippen molar-refractivity contribution < 1.29 is 13.2 Å². The number of rotatable bonds is 8. The standard InChI is InChI=1S/C13H28N4O3S.HI/c1-4-17(21(3,18)19)9-6-8-15-13(14-2)16-11-12-7-5-10-20-12;/h12H,4-11H2,1-3H3,(H2,14,15,16);1H. The molecule has 2 N–H and O–H groups in total. The second-order valence-electron chi connectivity index (χ2n) is 5.12. The summed E-state index contributed by atoms with van der Waals surface area (Å²) in [4.78, 5) is 4.14. The summed E-state index contributed by atoms with van der Waals surface area (Å²) in [5.41, 5.74) is 0. The van der Waals surface area contributed by atoms with Gasteiger partial charge in [0.15, 0.2) is 5.96 Å². The summed E-state index contributed by atoms with van der Waals surface area (Å²) >= 11 is 0. The topological polar surface area (TPSA) is 83.0 Å². The highest BCUT2D eigenvalue weighted by molar-refractivity contribution is 14.0. The Morgan fingerprint density at radius 2 is 2.14 bits per heavy atom. The van der Waals surface area contributed by atoms with Crippen LogP contribution >= 0.6 is 24.0 Å². The van der Waals surface area contributed by atoms with E-state index in [9.17, 15) is 8.42 Å². The van der Waals surface area contributed by atoms with E-state index in [0.717, 1.165) is 38.4 Å².